The lowest BCUT2D eigenvalue weighted by Crippen LogP contribution is -2.37. The molecular formula is C42H64N6O8. The van der Waals surface area contributed by atoms with Crippen LogP contribution >= 0.6 is 0 Å². The molecule has 0 spiro atoms. The molecule has 56 heavy (non-hydrogen) atoms. The van der Waals surface area contributed by atoms with Crippen LogP contribution in [0.1, 0.15) is 66.5 Å². The van der Waals surface area contributed by atoms with E-state index in [1.54, 1.807) is 0 Å². The highest BCUT2D eigenvalue weighted by Crippen LogP contribution is 2.41. The number of rotatable bonds is 25. The lowest BCUT2D eigenvalue weighted by atomic mass is 9.98. The van der Waals surface area contributed by atoms with E-state index in [9.17, 15) is 19.5 Å². The van der Waals surface area contributed by atoms with Crippen LogP contribution in [0, 0.1) is 0 Å². The fourth-order valence-corrected chi connectivity index (χ4v) is 5.79. The van der Waals surface area contributed by atoms with E-state index in [1.165, 1.54) is 19.2 Å². The maximum absolute atomic E-state index is 14.4. The number of ether oxygens (including phenoxy) is 3. The average Bonchev–Trinajstić information content (AvgIpc) is 3.13. The van der Waals surface area contributed by atoms with Crippen molar-refractivity contribution in [3.05, 3.63) is 56.8 Å². The molecular weight excluding hydrogens is 716 g/mol. The van der Waals surface area contributed by atoms with Crippen LogP contribution in [-0.4, -0.2) is 102 Å². The van der Waals surface area contributed by atoms with Gasteiger partial charge in [-0.05, 0) is 40.5 Å². The zero-order chi connectivity index (χ0) is 41.2. The normalized spacial score (nSPS) is 11.3. The summed E-state index contributed by atoms with van der Waals surface area (Å²) in [5, 5.41) is 30.8. The highest BCUT2D eigenvalue weighted by atomic mass is 16.5. The fraction of sp³-hybridized carbons (Fsp3) is 0.548. The molecule has 2 aromatic carbocycles. The standard InChI is InChI=1S/C42H64N6O8/c1-26(2)10-12-30-32(54-24-36(49)47-20-16-43-14-18-45-28(5)6)22-34-39(40(30)51)41(52)38-31(13-11-27(3)4)42(53-9)35(23-33(38)56-34)55-25-37(50)48-21-17-44-15-19-46-29(7)8/h10-11,22-23,28-29,43-46,51H,12-21,24-25H2,1-9H3,(H,47,49)(H,48,50). The van der Waals surface area contributed by atoms with Gasteiger partial charge in [-0.1, -0.05) is 51.0 Å². The van der Waals surface area contributed by atoms with Crippen molar-refractivity contribution in [3.8, 4) is 23.0 Å². The molecule has 0 aliphatic heterocycles. The summed E-state index contributed by atoms with van der Waals surface area (Å²) in [5.74, 6) is -0.241. The Morgan fingerprint density at radius 2 is 1.16 bits per heavy atom. The van der Waals surface area contributed by atoms with Crippen molar-refractivity contribution in [2.24, 2.45) is 0 Å². The van der Waals surface area contributed by atoms with Crippen molar-refractivity contribution in [3.63, 3.8) is 0 Å². The number of carbonyl (C=O) groups is 2. The third kappa shape index (κ3) is 14.5. The van der Waals surface area contributed by atoms with E-state index >= 15 is 0 Å². The van der Waals surface area contributed by atoms with Gasteiger partial charge < -0.3 is 55.6 Å². The van der Waals surface area contributed by atoms with E-state index in [0.717, 1.165) is 37.3 Å². The molecule has 2 amide bonds. The molecule has 0 saturated carbocycles. The number of carbonyl (C=O) groups excluding carboxylic acids is 2. The Balaban J connectivity index is 1.94. The number of hydrogen-bond acceptors (Lipinski definition) is 12. The van der Waals surface area contributed by atoms with E-state index in [2.05, 4.69) is 59.6 Å². The summed E-state index contributed by atoms with van der Waals surface area (Å²) in [5.41, 5.74) is 2.62. The third-order valence-corrected chi connectivity index (χ3v) is 8.62. The molecule has 7 N–H and O–H groups in total. The SMILES string of the molecule is COc1c(OCC(=O)NCCNCCNC(C)C)cc2oc3cc(OCC(=O)NCCNCCNC(C)C)c(CC=C(C)C)c(O)c3c(=O)c2c1CC=C(C)C. The first-order valence-electron chi connectivity index (χ1n) is 19.5. The maximum atomic E-state index is 14.4. The van der Waals surface area contributed by atoms with E-state index in [1.807, 2.05) is 39.8 Å². The molecule has 310 valence electrons. The van der Waals surface area contributed by atoms with Gasteiger partial charge in [-0.25, -0.2) is 0 Å². The van der Waals surface area contributed by atoms with Crippen LogP contribution in [0.15, 0.2) is 44.6 Å². The summed E-state index contributed by atoms with van der Waals surface area (Å²) in [6.07, 6.45) is 4.40. The van der Waals surface area contributed by atoms with Crippen molar-refractivity contribution in [2.75, 3.05) is 72.7 Å². The van der Waals surface area contributed by atoms with Gasteiger partial charge in [0.15, 0.2) is 24.7 Å². The molecule has 3 aromatic rings. The second-order valence-corrected chi connectivity index (χ2v) is 14.7. The van der Waals surface area contributed by atoms with E-state index < -0.39 is 5.43 Å². The molecule has 0 bridgehead atoms. The number of hydrogen-bond donors (Lipinski definition) is 7. The van der Waals surface area contributed by atoms with Gasteiger partial charge in [0.1, 0.15) is 28.1 Å². The first-order chi connectivity index (χ1) is 26.7. The Morgan fingerprint density at radius 1 is 0.696 bits per heavy atom. The van der Waals surface area contributed by atoms with Gasteiger partial charge in [-0.3, -0.25) is 14.4 Å². The van der Waals surface area contributed by atoms with Gasteiger partial charge in [-0.15, -0.1) is 0 Å². The number of phenolic OH excluding ortho intramolecular Hbond substituents is 1. The summed E-state index contributed by atoms with van der Waals surface area (Å²) in [7, 11) is 1.47. The molecule has 0 unspecified atom stereocenters. The van der Waals surface area contributed by atoms with Crippen molar-refractivity contribution >= 4 is 33.8 Å². The fourth-order valence-electron chi connectivity index (χ4n) is 5.79. The third-order valence-electron chi connectivity index (χ3n) is 8.62. The zero-order valence-corrected chi connectivity index (χ0v) is 34.8. The topological polar surface area (TPSA) is 184 Å². The van der Waals surface area contributed by atoms with Crippen LogP contribution in [0.5, 0.6) is 23.0 Å². The predicted octanol–water partition coefficient (Wildman–Crippen LogP) is 3.84. The number of allylic oxidation sites excluding steroid dienone is 4. The maximum Gasteiger partial charge on any atom is 0.257 e. The van der Waals surface area contributed by atoms with E-state index in [-0.39, 0.29) is 76.4 Å². The van der Waals surface area contributed by atoms with Crippen molar-refractivity contribution in [2.45, 2.75) is 80.3 Å². The Kier molecular flexibility index (Phi) is 19.2. The lowest BCUT2D eigenvalue weighted by Gasteiger charge is -2.18. The number of phenols is 1. The highest BCUT2D eigenvalue weighted by Gasteiger charge is 2.25. The summed E-state index contributed by atoms with van der Waals surface area (Å²) < 4.78 is 24.1. The van der Waals surface area contributed by atoms with Gasteiger partial charge in [0, 0.05) is 87.7 Å². The molecule has 0 radical (unpaired) electrons. The number of methoxy groups -OCH3 is 1. The second-order valence-electron chi connectivity index (χ2n) is 14.7. The minimum Gasteiger partial charge on any atom is -0.507 e. The summed E-state index contributed by atoms with van der Waals surface area (Å²) in [6, 6.07) is 3.86. The van der Waals surface area contributed by atoms with Crippen LogP contribution in [0.2, 0.25) is 0 Å². The minimum absolute atomic E-state index is 0.0216. The van der Waals surface area contributed by atoms with Gasteiger partial charge in [-0.2, -0.15) is 0 Å². The Hall–Kier alpha value is -4.63. The molecule has 1 heterocycles. The first-order valence-corrected chi connectivity index (χ1v) is 19.5. The zero-order valence-electron chi connectivity index (χ0n) is 34.8. The predicted molar refractivity (Wildman–Crippen MR) is 224 cm³/mol. The monoisotopic (exact) mass is 780 g/mol. The molecule has 14 nitrogen and oxygen atoms in total. The van der Waals surface area contributed by atoms with E-state index in [0.29, 0.717) is 55.8 Å². The Bertz CT molecular complexity index is 1880. The molecule has 0 atom stereocenters. The molecule has 0 fully saturated rings. The Morgan fingerprint density at radius 3 is 1.66 bits per heavy atom. The molecule has 3 rings (SSSR count). The van der Waals surface area contributed by atoms with Gasteiger partial charge in [0.2, 0.25) is 5.43 Å². The highest BCUT2D eigenvalue weighted by molar-refractivity contribution is 5.98. The quantitative estimate of drug-likeness (QED) is 0.0375. The van der Waals surface area contributed by atoms with Crippen molar-refractivity contribution < 1.29 is 33.3 Å². The summed E-state index contributed by atoms with van der Waals surface area (Å²) >= 11 is 0. The summed E-state index contributed by atoms with van der Waals surface area (Å²) in [4.78, 5) is 39.9. The molecule has 0 saturated heterocycles. The van der Waals surface area contributed by atoms with Crippen LogP contribution in [0.3, 0.4) is 0 Å². The summed E-state index contributed by atoms with van der Waals surface area (Å²) in [6.45, 7) is 20.7. The van der Waals surface area contributed by atoms with E-state index in [4.69, 9.17) is 18.6 Å². The smallest absolute Gasteiger partial charge is 0.257 e. The van der Waals surface area contributed by atoms with Crippen LogP contribution in [-0.2, 0) is 22.4 Å². The largest absolute Gasteiger partial charge is 0.507 e. The van der Waals surface area contributed by atoms with Crippen LogP contribution in [0.4, 0.5) is 0 Å². The second kappa shape index (κ2) is 23.4. The minimum atomic E-state index is -0.464. The number of amides is 2. The van der Waals surface area contributed by atoms with Gasteiger partial charge in [0.25, 0.3) is 11.8 Å². The number of aromatic hydroxyl groups is 1. The van der Waals surface area contributed by atoms with Gasteiger partial charge >= 0.3 is 0 Å². The molecule has 0 aliphatic carbocycles. The molecule has 0 aliphatic rings. The van der Waals surface area contributed by atoms with Gasteiger partial charge in [0.05, 0.1) is 12.5 Å². The first kappa shape index (κ1) is 45.8. The number of nitrogens with one attached hydrogen (secondary N) is 6. The molecule has 14 heteroatoms. The van der Waals surface area contributed by atoms with Crippen LogP contribution in [0.25, 0.3) is 21.9 Å². The Labute approximate surface area is 331 Å². The van der Waals surface area contributed by atoms with Crippen LogP contribution < -0.4 is 51.5 Å². The number of benzene rings is 2. The number of fused-ring (bicyclic) bond motifs is 2. The van der Waals surface area contributed by atoms with Crippen molar-refractivity contribution in [1.29, 1.82) is 0 Å². The van der Waals surface area contributed by atoms with Crippen molar-refractivity contribution in [1.82, 2.24) is 31.9 Å². The molecule has 1 aromatic heterocycles. The lowest BCUT2D eigenvalue weighted by molar-refractivity contribution is -0.123. The average molecular weight is 781 g/mol.